The van der Waals surface area contributed by atoms with Crippen molar-refractivity contribution < 1.29 is 0 Å². The molecule has 1 nitrogen and oxygen atoms in total. The van der Waals surface area contributed by atoms with Gasteiger partial charge in [0.05, 0.1) is 15.7 Å². The second kappa shape index (κ2) is 3.49. The number of nitrogens with zero attached hydrogens (tertiary/aromatic N) is 1. The van der Waals surface area contributed by atoms with Crippen LogP contribution in [0.5, 0.6) is 0 Å². The second-order valence-electron chi connectivity index (χ2n) is 1.82. The number of aromatic nitrogens is 1. The smallest absolute Gasteiger partial charge is 0.0812 e. The SMILES string of the molecule is [Na].c1ccc2scnc2c1. The molecule has 1 radical (unpaired) electrons. The number of thiazole rings is 1. The van der Waals surface area contributed by atoms with Gasteiger partial charge in [-0.25, -0.2) is 4.98 Å². The van der Waals surface area contributed by atoms with Crippen LogP contribution in [0.25, 0.3) is 10.2 Å². The predicted molar refractivity (Wildman–Crippen MR) is 45.4 cm³/mol. The van der Waals surface area contributed by atoms with Crippen LogP contribution in [0, 0.1) is 0 Å². The third kappa shape index (κ3) is 1.40. The van der Waals surface area contributed by atoms with Crippen LogP contribution in [0.1, 0.15) is 0 Å². The average Bonchev–Trinajstić information content (AvgIpc) is 2.33. The molecule has 10 heavy (non-hydrogen) atoms. The van der Waals surface area contributed by atoms with E-state index in [0.717, 1.165) is 5.52 Å². The summed E-state index contributed by atoms with van der Waals surface area (Å²) in [7, 11) is 0. The third-order valence-electron chi connectivity index (χ3n) is 1.24. The Bertz CT molecular complexity index is 288. The van der Waals surface area contributed by atoms with Gasteiger partial charge < -0.3 is 0 Å². The van der Waals surface area contributed by atoms with Gasteiger partial charge in [0.25, 0.3) is 0 Å². The van der Waals surface area contributed by atoms with E-state index in [9.17, 15) is 0 Å². The number of rotatable bonds is 0. The van der Waals surface area contributed by atoms with Crippen molar-refractivity contribution in [2.45, 2.75) is 0 Å². The Hall–Kier alpha value is 0.110. The number of hydrogen-bond acceptors (Lipinski definition) is 2. The monoisotopic (exact) mass is 158 g/mol. The van der Waals surface area contributed by atoms with Gasteiger partial charge in [-0.2, -0.15) is 0 Å². The third-order valence-corrected chi connectivity index (χ3v) is 2.05. The van der Waals surface area contributed by atoms with E-state index in [-0.39, 0.29) is 29.6 Å². The van der Waals surface area contributed by atoms with E-state index in [4.69, 9.17) is 0 Å². The van der Waals surface area contributed by atoms with E-state index in [1.54, 1.807) is 11.3 Å². The molecule has 0 aliphatic heterocycles. The summed E-state index contributed by atoms with van der Waals surface area (Å²) in [4.78, 5) is 4.14. The summed E-state index contributed by atoms with van der Waals surface area (Å²) in [5.74, 6) is 0. The van der Waals surface area contributed by atoms with E-state index in [0.29, 0.717) is 0 Å². The van der Waals surface area contributed by atoms with Gasteiger partial charge in [0.2, 0.25) is 0 Å². The molecule has 0 atom stereocenters. The summed E-state index contributed by atoms with van der Waals surface area (Å²) < 4.78 is 1.26. The predicted octanol–water partition coefficient (Wildman–Crippen LogP) is 1.92. The van der Waals surface area contributed by atoms with Crippen LogP contribution in [-0.2, 0) is 0 Å². The Morgan fingerprint density at radius 2 is 2.00 bits per heavy atom. The molecule has 0 saturated carbocycles. The fourth-order valence-corrected chi connectivity index (χ4v) is 1.48. The summed E-state index contributed by atoms with van der Waals surface area (Å²) in [6, 6.07) is 8.13. The maximum atomic E-state index is 4.14. The van der Waals surface area contributed by atoms with Crippen molar-refractivity contribution in [3.63, 3.8) is 0 Å². The molecule has 0 spiro atoms. The number of fused-ring (bicyclic) bond motifs is 1. The molecule has 1 aromatic carbocycles. The van der Waals surface area contributed by atoms with Gasteiger partial charge >= 0.3 is 0 Å². The van der Waals surface area contributed by atoms with E-state index in [1.807, 2.05) is 23.7 Å². The molecule has 0 bridgehead atoms. The largest absolute Gasteiger partial charge is 0.245 e. The van der Waals surface area contributed by atoms with Gasteiger partial charge in [-0.15, -0.1) is 11.3 Å². The summed E-state index contributed by atoms with van der Waals surface area (Å²) in [5, 5.41) is 0. The van der Waals surface area contributed by atoms with Crippen molar-refractivity contribution in [2.24, 2.45) is 0 Å². The van der Waals surface area contributed by atoms with Crippen molar-refractivity contribution in [3.05, 3.63) is 29.8 Å². The van der Waals surface area contributed by atoms with E-state index >= 15 is 0 Å². The molecule has 1 heterocycles. The van der Waals surface area contributed by atoms with E-state index < -0.39 is 0 Å². The fraction of sp³-hybridized carbons (Fsp3) is 0. The van der Waals surface area contributed by atoms with Crippen molar-refractivity contribution in [2.75, 3.05) is 0 Å². The maximum absolute atomic E-state index is 4.14. The zero-order valence-corrected chi connectivity index (χ0v) is 8.56. The average molecular weight is 158 g/mol. The maximum Gasteiger partial charge on any atom is 0.0812 e. The zero-order valence-electron chi connectivity index (χ0n) is 5.74. The molecular formula is C7H5NNaS. The number of para-hydroxylation sites is 1. The first-order valence-corrected chi connectivity index (χ1v) is 3.63. The molecule has 2 aromatic rings. The molecule has 3 heteroatoms. The molecule has 0 unspecified atom stereocenters. The molecule has 0 saturated heterocycles. The zero-order chi connectivity index (χ0) is 6.10. The molecule has 45 valence electrons. The summed E-state index contributed by atoms with van der Waals surface area (Å²) in [6.45, 7) is 0. The molecule has 0 N–H and O–H groups in total. The first-order chi connectivity index (χ1) is 4.47. The normalized spacial score (nSPS) is 9.20. The van der Waals surface area contributed by atoms with Crippen LogP contribution in [0.2, 0.25) is 0 Å². The van der Waals surface area contributed by atoms with Gasteiger partial charge in [0.1, 0.15) is 0 Å². The van der Waals surface area contributed by atoms with Crippen LogP contribution in [-0.4, -0.2) is 34.5 Å². The van der Waals surface area contributed by atoms with Crippen LogP contribution >= 0.6 is 11.3 Å². The topological polar surface area (TPSA) is 12.9 Å². The quantitative estimate of drug-likeness (QED) is 0.534. The number of hydrogen-bond donors (Lipinski definition) is 0. The van der Waals surface area contributed by atoms with E-state index in [2.05, 4.69) is 11.1 Å². The van der Waals surface area contributed by atoms with Crippen molar-refractivity contribution in [3.8, 4) is 0 Å². The molecule has 2 rings (SSSR count). The molecule has 0 amide bonds. The van der Waals surface area contributed by atoms with Crippen LogP contribution in [0.15, 0.2) is 29.8 Å². The Morgan fingerprint density at radius 1 is 1.20 bits per heavy atom. The van der Waals surface area contributed by atoms with Gasteiger partial charge in [0.15, 0.2) is 0 Å². The van der Waals surface area contributed by atoms with Gasteiger partial charge in [0, 0.05) is 29.6 Å². The summed E-state index contributed by atoms with van der Waals surface area (Å²) in [5.41, 5.74) is 2.97. The van der Waals surface area contributed by atoms with Crippen molar-refractivity contribution in [1.82, 2.24) is 4.98 Å². The molecule has 1 aromatic heterocycles. The first-order valence-electron chi connectivity index (χ1n) is 2.75. The Morgan fingerprint density at radius 3 is 2.80 bits per heavy atom. The minimum Gasteiger partial charge on any atom is -0.245 e. The standard InChI is InChI=1S/C7H5NS.Na/c1-2-4-7-6(3-1)8-5-9-7;/h1-5H;. The van der Waals surface area contributed by atoms with Crippen LogP contribution in [0.3, 0.4) is 0 Å². The van der Waals surface area contributed by atoms with Gasteiger partial charge in [-0.1, -0.05) is 12.1 Å². The number of benzene rings is 1. The molecule has 0 fully saturated rings. The Balaban J connectivity index is 0.000000500. The molecule has 0 aliphatic carbocycles. The molecule has 0 aliphatic rings. The van der Waals surface area contributed by atoms with Crippen LogP contribution < -0.4 is 0 Å². The van der Waals surface area contributed by atoms with Gasteiger partial charge in [-0.3, -0.25) is 0 Å². The minimum absolute atomic E-state index is 0. The van der Waals surface area contributed by atoms with Crippen molar-refractivity contribution >= 4 is 51.1 Å². The van der Waals surface area contributed by atoms with E-state index in [1.165, 1.54) is 4.70 Å². The van der Waals surface area contributed by atoms with Gasteiger partial charge in [-0.05, 0) is 12.1 Å². The summed E-state index contributed by atoms with van der Waals surface area (Å²) in [6.07, 6.45) is 0. The van der Waals surface area contributed by atoms with Crippen molar-refractivity contribution in [1.29, 1.82) is 0 Å². The molecular weight excluding hydrogens is 153 g/mol. The Kier molecular flexibility index (Phi) is 2.86. The summed E-state index contributed by atoms with van der Waals surface area (Å²) >= 11 is 1.68. The first kappa shape index (κ1) is 8.21. The Labute approximate surface area is 85.4 Å². The minimum atomic E-state index is 0. The van der Waals surface area contributed by atoms with Crippen LogP contribution in [0.4, 0.5) is 0 Å². The fourth-order valence-electron chi connectivity index (χ4n) is 0.803. The second-order valence-corrected chi connectivity index (χ2v) is 2.71.